The lowest BCUT2D eigenvalue weighted by molar-refractivity contribution is -0.115. The third-order valence-electron chi connectivity index (χ3n) is 5.38. The molecule has 180 valence electrons. The van der Waals surface area contributed by atoms with Crippen molar-refractivity contribution in [3.8, 4) is 6.07 Å². The second-order valence-corrected chi connectivity index (χ2v) is 9.73. The molecule has 2 heterocycles. The molecule has 0 radical (unpaired) electrons. The lowest BCUT2D eigenvalue weighted by Crippen LogP contribution is -2.29. The molecule has 1 aromatic heterocycles. The Morgan fingerprint density at radius 3 is 2.68 bits per heavy atom. The van der Waals surface area contributed by atoms with Crippen LogP contribution in [0.2, 0.25) is 0 Å². The monoisotopic (exact) mass is 464 g/mol. The number of nitrogens with one attached hydrogen (secondary N) is 3. The number of allylic oxidation sites excluding steroid dienone is 1. The molecule has 1 fully saturated rings. The molecule has 1 atom stereocenters. The maximum absolute atomic E-state index is 12.4. The molecule has 1 aromatic carbocycles. The second kappa shape index (κ2) is 11.0. The standard InChI is InChI=1S/C25H32N6O3/c1-25(2,3)12-19-11-22(34-31-19)30-21(32)10-16-4-6-18(7-5-16)23(27)20(13-26)24(28)29-14-17-8-9-33-15-17/h4-7,11,17,27,29H,8-10,12,14-15,28H2,1-3H3,(H,30,32)/b24-20-,27-23?. The maximum Gasteiger partial charge on any atom is 0.231 e. The molecule has 1 saturated heterocycles. The fourth-order valence-corrected chi connectivity index (χ4v) is 3.64. The average molecular weight is 465 g/mol. The summed E-state index contributed by atoms with van der Waals surface area (Å²) in [5, 5.41) is 27.7. The molecule has 9 heteroatoms. The van der Waals surface area contributed by atoms with Crippen molar-refractivity contribution in [3.05, 3.63) is 58.5 Å². The highest BCUT2D eigenvalue weighted by molar-refractivity contribution is 6.13. The van der Waals surface area contributed by atoms with Crippen LogP contribution in [0.15, 0.2) is 46.2 Å². The van der Waals surface area contributed by atoms with Crippen molar-refractivity contribution in [3.63, 3.8) is 0 Å². The smallest absolute Gasteiger partial charge is 0.231 e. The first kappa shape index (κ1) is 25.0. The summed E-state index contributed by atoms with van der Waals surface area (Å²) in [7, 11) is 0. The number of hydrogen-bond donors (Lipinski definition) is 4. The van der Waals surface area contributed by atoms with Crippen molar-refractivity contribution < 1.29 is 14.1 Å². The number of carbonyl (C=O) groups excluding carboxylic acids is 1. The van der Waals surface area contributed by atoms with E-state index in [-0.39, 0.29) is 34.8 Å². The Balaban J connectivity index is 1.57. The van der Waals surface area contributed by atoms with E-state index in [0.29, 0.717) is 30.5 Å². The van der Waals surface area contributed by atoms with Gasteiger partial charge in [-0.3, -0.25) is 15.5 Å². The Hall–Kier alpha value is -3.64. The fourth-order valence-electron chi connectivity index (χ4n) is 3.64. The number of anilines is 1. The molecule has 1 amide bonds. The fraction of sp³-hybridized carbons (Fsp3) is 0.440. The Morgan fingerprint density at radius 2 is 2.06 bits per heavy atom. The minimum atomic E-state index is -0.233. The summed E-state index contributed by atoms with van der Waals surface area (Å²) in [6.45, 7) is 8.32. The first-order chi connectivity index (χ1) is 16.1. The molecule has 3 rings (SSSR count). The highest BCUT2D eigenvalue weighted by Gasteiger charge is 2.18. The number of benzene rings is 1. The Kier molecular flexibility index (Phi) is 8.08. The molecule has 1 aliphatic rings. The van der Waals surface area contributed by atoms with E-state index < -0.39 is 0 Å². The topological polar surface area (TPSA) is 150 Å². The van der Waals surface area contributed by atoms with Crippen LogP contribution in [0.25, 0.3) is 0 Å². The van der Waals surface area contributed by atoms with Crippen LogP contribution >= 0.6 is 0 Å². The van der Waals surface area contributed by atoms with E-state index in [1.54, 1.807) is 30.3 Å². The summed E-state index contributed by atoms with van der Waals surface area (Å²) >= 11 is 0. The van der Waals surface area contributed by atoms with Gasteiger partial charge >= 0.3 is 0 Å². The zero-order valence-electron chi connectivity index (χ0n) is 19.9. The van der Waals surface area contributed by atoms with Gasteiger partial charge in [0.15, 0.2) is 0 Å². The zero-order chi connectivity index (χ0) is 24.7. The zero-order valence-corrected chi connectivity index (χ0v) is 19.9. The molecule has 1 unspecified atom stereocenters. The molecule has 0 saturated carbocycles. The van der Waals surface area contributed by atoms with Crippen LogP contribution in [0.4, 0.5) is 5.88 Å². The average Bonchev–Trinajstić information content (AvgIpc) is 3.44. The van der Waals surface area contributed by atoms with Gasteiger partial charge in [-0.15, -0.1) is 0 Å². The van der Waals surface area contributed by atoms with Gasteiger partial charge in [0, 0.05) is 30.7 Å². The van der Waals surface area contributed by atoms with Gasteiger partial charge < -0.3 is 20.3 Å². The minimum Gasteiger partial charge on any atom is -0.384 e. The molecule has 0 aliphatic carbocycles. The Morgan fingerprint density at radius 1 is 1.32 bits per heavy atom. The van der Waals surface area contributed by atoms with Crippen molar-refractivity contribution >= 4 is 17.5 Å². The maximum atomic E-state index is 12.4. The number of amides is 1. The van der Waals surface area contributed by atoms with Crippen LogP contribution < -0.4 is 16.4 Å². The summed E-state index contributed by atoms with van der Waals surface area (Å²) in [6, 6.07) is 10.7. The highest BCUT2D eigenvalue weighted by atomic mass is 16.5. The number of rotatable bonds is 9. The second-order valence-electron chi connectivity index (χ2n) is 9.73. The SMILES string of the molecule is CC(C)(C)Cc1cc(NC(=O)Cc2ccc(C(=N)/C(C#N)=C(/N)NCC3CCOC3)cc2)on1. The van der Waals surface area contributed by atoms with Crippen molar-refractivity contribution in [1.29, 1.82) is 10.7 Å². The number of nitriles is 1. The Bertz CT molecular complexity index is 1080. The predicted molar refractivity (Wildman–Crippen MR) is 129 cm³/mol. The number of aromatic nitrogens is 1. The van der Waals surface area contributed by atoms with E-state index in [1.165, 1.54) is 0 Å². The van der Waals surface area contributed by atoms with Crippen LogP contribution in [0.1, 0.15) is 44.0 Å². The van der Waals surface area contributed by atoms with Gasteiger partial charge in [0.1, 0.15) is 17.5 Å². The van der Waals surface area contributed by atoms with Crippen LogP contribution in [0.5, 0.6) is 0 Å². The first-order valence-corrected chi connectivity index (χ1v) is 11.3. The van der Waals surface area contributed by atoms with E-state index in [2.05, 4.69) is 36.6 Å². The molecule has 1 aliphatic heterocycles. The number of hydrogen-bond acceptors (Lipinski definition) is 8. The summed E-state index contributed by atoms with van der Waals surface area (Å²) in [5.74, 6) is 0.614. The summed E-state index contributed by atoms with van der Waals surface area (Å²) in [6.07, 6.45) is 1.83. The van der Waals surface area contributed by atoms with Crippen molar-refractivity contribution in [2.75, 3.05) is 25.1 Å². The number of carbonyl (C=O) groups is 1. The molecule has 0 bridgehead atoms. The van der Waals surface area contributed by atoms with E-state index >= 15 is 0 Å². The third kappa shape index (κ3) is 7.18. The molecule has 34 heavy (non-hydrogen) atoms. The van der Waals surface area contributed by atoms with E-state index in [1.807, 2.05) is 6.07 Å². The normalized spacial score (nSPS) is 16.5. The highest BCUT2D eigenvalue weighted by Crippen LogP contribution is 2.22. The molecule has 2 aromatic rings. The van der Waals surface area contributed by atoms with Crippen LogP contribution in [-0.2, 0) is 22.4 Å². The van der Waals surface area contributed by atoms with Gasteiger partial charge in [-0.05, 0) is 23.8 Å². The van der Waals surface area contributed by atoms with E-state index in [9.17, 15) is 10.1 Å². The summed E-state index contributed by atoms with van der Waals surface area (Å²) in [4.78, 5) is 12.4. The third-order valence-corrected chi connectivity index (χ3v) is 5.38. The van der Waals surface area contributed by atoms with Crippen molar-refractivity contribution in [2.45, 2.75) is 40.0 Å². The predicted octanol–water partition coefficient (Wildman–Crippen LogP) is 3.13. The van der Waals surface area contributed by atoms with Crippen LogP contribution in [-0.4, -0.2) is 36.5 Å². The largest absolute Gasteiger partial charge is 0.384 e. The first-order valence-electron chi connectivity index (χ1n) is 11.3. The molecular formula is C25H32N6O3. The van der Waals surface area contributed by atoms with Crippen molar-refractivity contribution in [2.24, 2.45) is 17.1 Å². The lowest BCUT2D eigenvalue weighted by Gasteiger charge is -2.14. The molecular weight excluding hydrogens is 432 g/mol. The van der Waals surface area contributed by atoms with E-state index in [4.69, 9.17) is 20.4 Å². The van der Waals surface area contributed by atoms with Gasteiger partial charge in [-0.25, -0.2) is 0 Å². The Labute approximate surface area is 199 Å². The molecule has 9 nitrogen and oxygen atoms in total. The quantitative estimate of drug-likeness (QED) is 0.329. The molecule has 5 N–H and O–H groups in total. The van der Waals surface area contributed by atoms with Gasteiger partial charge in [-0.1, -0.05) is 50.2 Å². The van der Waals surface area contributed by atoms with Crippen LogP contribution in [0, 0.1) is 28.1 Å². The number of nitrogens with zero attached hydrogens (tertiary/aromatic N) is 2. The van der Waals surface area contributed by atoms with Crippen LogP contribution in [0.3, 0.4) is 0 Å². The number of ether oxygens (including phenoxy) is 1. The lowest BCUT2D eigenvalue weighted by atomic mass is 9.91. The van der Waals surface area contributed by atoms with E-state index in [0.717, 1.165) is 30.7 Å². The van der Waals surface area contributed by atoms with Gasteiger partial charge in [-0.2, -0.15) is 5.26 Å². The van der Waals surface area contributed by atoms with Gasteiger partial charge in [0.05, 0.1) is 24.4 Å². The molecule has 0 spiro atoms. The summed E-state index contributed by atoms with van der Waals surface area (Å²) in [5.41, 5.74) is 8.32. The van der Waals surface area contributed by atoms with Gasteiger partial charge in [0.25, 0.3) is 0 Å². The van der Waals surface area contributed by atoms with Gasteiger partial charge in [0.2, 0.25) is 11.8 Å². The van der Waals surface area contributed by atoms with Crippen molar-refractivity contribution in [1.82, 2.24) is 10.5 Å². The number of nitrogens with two attached hydrogens (primary N) is 1. The summed E-state index contributed by atoms with van der Waals surface area (Å²) < 4.78 is 10.6. The minimum absolute atomic E-state index is 0.0270.